The van der Waals surface area contributed by atoms with Gasteiger partial charge in [-0.05, 0) is 36.8 Å². The van der Waals surface area contributed by atoms with E-state index < -0.39 is 18.0 Å². The smallest absolute Gasteiger partial charge is 0.331 e. The number of amidine groups is 2. The Labute approximate surface area is 199 Å². The molecule has 0 saturated carbocycles. The van der Waals surface area contributed by atoms with Crippen LogP contribution in [0.4, 0.5) is 4.79 Å². The molecule has 0 radical (unpaired) electrons. The summed E-state index contributed by atoms with van der Waals surface area (Å²) in [5, 5.41) is 0.00769. The molecule has 0 aromatic heterocycles. The van der Waals surface area contributed by atoms with E-state index in [2.05, 4.69) is 77.5 Å². The number of hydrogen-bond acceptors (Lipinski definition) is 6. The number of amides is 3. The minimum atomic E-state index is -0.754. The largest absolute Gasteiger partial charge is 0.367 e. The molecule has 4 rings (SSSR count). The number of hydrogen-bond donors (Lipinski definition) is 0. The lowest BCUT2D eigenvalue weighted by atomic mass is 10.0. The Bertz CT molecular complexity index is 987. The summed E-state index contributed by atoms with van der Waals surface area (Å²) in [5.74, 6) is -0.106. The SMILES string of the molecule is CN(C)CCOC(c1ccccc1)c1ccccc1.CN1C(=O)C2N=C(Cl)N=C2N(C)C1=O. The highest BCUT2D eigenvalue weighted by atomic mass is 35.5. The van der Waals surface area contributed by atoms with E-state index in [0.29, 0.717) is 5.84 Å². The number of ether oxygens (including phenoxy) is 1. The third kappa shape index (κ3) is 6.04. The molecule has 1 atom stereocenters. The zero-order valence-electron chi connectivity index (χ0n) is 19.2. The molecule has 3 amide bonds. The van der Waals surface area contributed by atoms with E-state index in [0.717, 1.165) is 18.1 Å². The van der Waals surface area contributed by atoms with Crippen molar-refractivity contribution in [3.8, 4) is 0 Å². The van der Waals surface area contributed by atoms with Crippen molar-refractivity contribution < 1.29 is 14.3 Å². The number of rotatable bonds is 6. The van der Waals surface area contributed by atoms with E-state index in [9.17, 15) is 9.59 Å². The average molecular weight is 470 g/mol. The molecule has 2 aromatic carbocycles. The van der Waals surface area contributed by atoms with Crippen molar-refractivity contribution in [2.24, 2.45) is 9.98 Å². The summed E-state index contributed by atoms with van der Waals surface area (Å²) in [7, 11) is 7.05. The molecule has 9 heteroatoms. The zero-order valence-corrected chi connectivity index (χ0v) is 19.9. The monoisotopic (exact) mass is 469 g/mol. The highest BCUT2D eigenvalue weighted by Gasteiger charge is 2.43. The maximum absolute atomic E-state index is 11.5. The van der Waals surface area contributed by atoms with E-state index >= 15 is 0 Å². The maximum atomic E-state index is 11.5. The van der Waals surface area contributed by atoms with Crippen molar-refractivity contribution in [3.05, 3.63) is 71.8 Å². The number of urea groups is 1. The molecule has 1 saturated heterocycles. The first-order valence-electron chi connectivity index (χ1n) is 10.5. The predicted molar refractivity (Wildman–Crippen MR) is 130 cm³/mol. The van der Waals surface area contributed by atoms with Gasteiger partial charge in [0.25, 0.3) is 5.91 Å². The number of carbonyl (C=O) groups is 2. The standard InChI is InChI=1S/C17H21NO.C7H7ClN4O2/c1-18(2)13-14-19-17(15-9-5-3-6-10-15)16-11-7-4-8-12-16;1-11-4-3(9-6(8)10-4)5(13)12(2)7(11)14/h3-12,17H,13-14H2,1-2H3;3H,1-2H3. The Morgan fingerprint density at radius 2 is 1.52 bits per heavy atom. The lowest BCUT2D eigenvalue weighted by Gasteiger charge is -2.31. The number of nitrogens with zero attached hydrogens (tertiary/aromatic N) is 5. The number of carbonyl (C=O) groups excluding carboxylic acids is 2. The van der Waals surface area contributed by atoms with E-state index in [1.807, 2.05) is 12.1 Å². The summed E-state index contributed by atoms with van der Waals surface area (Å²) >= 11 is 5.57. The van der Waals surface area contributed by atoms with Crippen LogP contribution in [-0.2, 0) is 9.53 Å². The molecule has 2 aliphatic rings. The van der Waals surface area contributed by atoms with Gasteiger partial charge < -0.3 is 9.64 Å². The van der Waals surface area contributed by atoms with Gasteiger partial charge in [-0.25, -0.2) is 14.8 Å². The Morgan fingerprint density at radius 3 is 2.03 bits per heavy atom. The lowest BCUT2D eigenvalue weighted by molar-refractivity contribution is -0.128. The fourth-order valence-electron chi connectivity index (χ4n) is 3.37. The number of imide groups is 1. The lowest BCUT2D eigenvalue weighted by Crippen LogP contribution is -2.58. The van der Waals surface area contributed by atoms with Crippen LogP contribution in [0, 0.1) is 0 Å². The molecular formula is C24H28ClN5O3. The van der Waals surface area contributed by atoms with Crippen LogP contribution in [0.5, 0.6) is 0 Å². The van der Waals surface area contributed by atoms with Gasteiger partial charge >= 0.3 is 6.03 Å². The molecule has 2 aliphatic heterocycles. The fourth-order valence-corrected chi connectivity index (χ4v) is 3.55. The van der Waals surface area contributed by atoms with Gasteiger partial charge in [0, 0.05) is 20.6 Å². The van der Waals surface area contributed by atoms with Crippen molar-refractivity contribution in [1.29, 1.82) is 0 Å². The van der Waals surface area contributed by atoms with Gasteiger partial charge in [-0.2, -0.15) is 0 Å². The number of halogens is 1. The molecule has 0 spiro atoms. The maximum Gasteiger partial charge on any atom is 0.331 e. The molecule has 2 aromatic rings. The van der Waals surface area contributed by atoms with Gasteiger partial charge in [0.15, 0.2) is 11.9 Å². The summed E-state index contributed by atoms with van der Waals surface area (Å²) in [6.45, 7) is 1.65. The Hall–Kier alpha value is -3.07. The minimum absolute atomic E-state index is 0.00769. The molecule has 33 heavy (non-hydrogen) atoms. The summed E-state index contributed by atoms with van der Waals surface area (Å²) in [5.41, 5.74) is 2.40. The fraction of sp³-hybridized carbons (Fsp3) is 0.333. The molecule has 174 valence electrons. The Balaban J connectivity index is 0.000000194. The zero-order chi connectivity index (χ0) is 24.0. The van der Waals surface area contributed by atoms with Gasteiger partial charge in [0.2, 0.25) is 5.29 Å². The van der Waals surface area contributed by atoms with Gasteiger partial charge in [-0.1, -0.05) is 60.7 Å². The molecule has 0 aliphatic carbocycles. The topological polar surface area (TPSA) is 77.8 Å². The summed E-state index contributed by atoms with van der Waals surface area (Å²) in [6, 6.07) is 19.6. The van der Waals surface area contributed by atoms with Crippen LogP contribution in [0.1, 0.15) is 17.2 Å². The van der Waals surface area contributed by atoms with E-state index in [-0.39, 0.29) is 11.4 Å². The number of aliphatic imine (C=N–C) groups is 2. The first-order chi connectivity index (χ1) is 15.8. The number of benzene rings is 2. The van der Waals surface area contributed by atoms with Crippen LogP contribution in [0.15, 0.2) is 70.6 Å². The van der Waals surface area contributed by atoms with E-state index in [1.165, 1.54) is 30.1 Å². The van der Waals surface area contributed by atoms with Crippen LogP contribution < -0.4 is 0 Å². The molecule has 0 N–H and O–H groups in total. The predicted octanol–water partition coefficient (Wildman–Crippen LogP) is 3.24. The average Bonchev–Trinajstić information content (AvgIpc) is 3.22. The van der Waals surface area contributed by atoms with Crippen LogP contribution in [0.3, 0.4) is 0 Å². The van der Waals surface area contributed by atoms with Crippen molar-refractivity contribution >= 4 is 34.7 Å². The van der Waals surface area contributed by atoms with Crippen LogP contribution in [-0.4, -0.2) is 85.2 Å². The summed E-state index contributed by atoms with van der Waals surface area (Å²) in [6.07, 6.45) is 0.0161. The minimum Gasteiger partial charge on any atom is -0.367 e. The van der Waals surface area contributed by atoms with Crippen LogP contribution >= 0.6 is 11.6 Å². The highest BCUT2D eigenvalue weighted by Crippen LogP contribution is 2.25. The summed E-state index contributed by atoms with van der Waals surface area (Å²) < 4.78 is 6.08. The van der Waals surface area contributed by atoms with Crippen molar-refractivity contribution in [2.75, 3.05) is 41.3 Å². The molecule has 2 heterocycles. The van der Waals surface area contributed by atoms with Crippen molar-refractivity contribution in [1.82, 2.24) is 14.7 Å². The Kier molecular flexibility index (Phi) is 8.32. The second-order valence-electron chi connectivity index (χ2n) is 7.88. The van der Waals surface area contributed by atoms with Gasteiger partial charge in [-0.15, -0.1) is 0 Å². The third-order valence-corrected chi connectivity index (χ3v) is 5.38. The second-order valence-corrected chi connectivity index (χ2v) is 8.22. The van der Waals surface area contributed by atoms with Gasteiger partial charge in [0.05, 0.1) is 6.61 Å². The van der Waals surface area contributed by atoms with E-state index in [4.69, 9.17) is 16.3 Å². The quantitative estimate of drug-likeness (QED) is 0.608. The Morgan fingerprint density at radius 1 is 0.970 bits per heavy atom. The van der Waals surface area contributed by atoms with Gasteiger partial charge in [-0.3, -0.25) is 14.6 Å². The van der Waals surface area contributed by atoms with Crippen LogP contribution in [0.25, 0.3) is 0 Å². The third-order valence-electron chi connectivity index (χ3n) is 5.20. The first-order valence-corrected chi connectivity index (χ1v) is 10.9. The first kappa shape index (κ1) is 24.6. The van der Waals surface area contributed by atoms with Crippen molar-refractivity contribution in [3.63, 3.8) is 0 Å². The second kappa shape index (κ2) is 11.2. The molecule has 8 nitrogen and oxygen atoms in total. The van der Waals surface area contributed by atoms with E-state index in [1.54, 1.807) is 0 Å². The number of likely N-dealkylation sites (N-methyl/N-ethyl adjacent to an activating group) is 3. The summed E-state index contributed by atoms with van der Waals surface area (Å²) in [4.78, 5) is 35.0. The molecule has 0 bridgehead atoms. The highest BCUT2D eigenvalue weighted by molar-refractivity contribution is 6.66. The molecular weight excluding hydrogens is 442 g/mol. The normalized spacial score (nSPS) is 17.6. The molecule has 1 unspecified atom stereocenters. The van der Waals surface area contributed by atoms with Gasteiger partial charge in [0.1, 0.15) is 6.10 Å². The molecule has 1 fully saturated rings. The van der Waals surface area contributed by atoms with Crippen molar-refractivity contribution in [2.45, 2.75) is 12.1 Å². The number of fused-ring (bicyclic) bond motifs is 1. The van der Waals surface area contributed by atoms with Crippen LogP contribution in [0.2, 0.25) is 0 Å².